The number of nitrogens with two attached hydrogens (primary N) is 1. The lowest BCUT2D eigenvalue weighted by Crippen LogP contribution is -2.36. The largest absolute Gasteiger partial charge is 0.327 e. The average Bonchev–Trinajstić information content (AvgIpc) is 2.35. The monoisotopic (exact) mass is 267 g/mol. The molecule has 2 rings (SSSR count). The van der Waals surface area contributed by atoms with E-state index >= 15 is 0 Å². The minimum Gasteiger partial charge on any atom is -0.327 e. The summed E-state index contributed by atoms with van der Waals surface area (Å²) in [6.45, 7) is 4.56. The number of hydrogen-bond acceptors (Lipinski definition) is 1. The molecule has 1 fully saturated rings. The summed E-state index contributed by atoms with van der Waals surface area (Å²) >= 11 is 0. The Morgan fingerprint density at radius 1 is 1.26 bits per heavy atom. The maximum atomic E-state index is 13.6. The van der Waals surface area contributed by atoms with Crippen molar-refractivity contribution in [2.24, 2.45) is 17.1 Å². The molecule has 106 valence electrons. The molecule has 3 heteroatoms. The van der Waals surface area contributed by atoms with Crippen LogP contribution in [0.4, 0.5) is 8.78 Å². The summed E-state index contributed by atoms with van der Waals surface area (Å²) in [5, 5.41) is 0. The van der Waals surface area contributed by atoms with E-state index in [9.17, 15) is 8.78 Å². The summed E-state index contributed by atoms with van der Waals surface area (Å²) < 4.78 is 26.8. The molecule has 0 bridgehead atoms. The predicted octanol–water partition coefficient (Wildman–Crippen LogP) is 4.05. The number of hydrogen-bond donors (Lipinski definition) is 1. The molecule has 1 nitrogen and oxygen atoms in total. The van der Waals surface area contributed by atoms with Gasteiger partial charge in [0.1, 0.15) is 0 Å². The van der Waals surface area contributed by atoms with Crippen LogP contribution in [-0.2, 0) is 6.42 Å². The minimum absolute atomic E-state index is 0.0765. The van der Waals surface area contributed by atoms with Crippen LogP contribution in [0.3, 0.4) is 0 Å². The molecule has 2 N–H and O–H groups in total. The Hall–Kier alpha value is -0.960. The third kappa shape index (κ3) is 3.53. The second-order valence-electron chi connectivity index (χ2n) is 6.58. The van der Waals surface area contributed by atoms with Crippen molar-refractivity contribution in [1.29, 1.82) is 0 Å². The van der Waals surface area contributed by atoms with Crippen molar-refractivity contribution in [2.45, 2.75) is 52.0 Å². The van der Waals surface area contributed by atoms with Crippen LogP contribution in [-0.4, -0.2) is 6.04 Å². The summed E-state index contributed by atoms with van der Waals surface area (Å²) in [5.41, 5.74) is 7.00. The van der Waals surface area contributed by atoms with Crippen LogP contribution in [0.2, 0.25) is 0 Å². The first-order valence-electron chi connectivity index (χ1n) is 7.07. The second kappa shape index (κ2) is 5.58. The zero-order chi connectivity index (χ0) is 14.0. The quantitative estimate of drug-likeness (QED) is 0.878. The second-order valence-corrected chi connectivity index (χ2v) is 6.58. The minimum atomic E-state index is -0.783. The van der Waals surface area contributed by atoms with Gasteiger partial charge in [-0.3, -0.25) is 0 Å². The van der Waals surface area contributed by atoms with Gasteiger partial charge in [0, 0.05) is 6.04 Å². The molecular weight excluding hydrogens is 244 g/mol. The van der Waals surface area contributed by atoms with Crippen molar-refractivity contribution < 1.29 is 8.78 Å². The van der Waals surface area contributed by atoms with E-state index in [4.69, 9.17) is 5.73 Å². The van der Waals surface area contributed by atoms with Crippen LogP contribution in [0.5, 0.6) is 0 Å². The fourth-order valence-electron chi connectivity index (χ4n) is 2.98. The van der Waals surface area contributed by atoms with Crippen molar-refractivity contribution in [3.63, 3.8) is 0 Å². The van der Waals surface area contributed by atoms with E-state index in [0.29, 0.717) is 23.3 Å². The Morgan fingerprint density at radius 3 is 2.53 bits per heavy atom. The fourth-order valence-corrected chi connectivity index (χ4v) is 2.98. The van der Waals surface area contributed by atoms with Crippen molar-refractivity contribution in [2.75, 3.05) is 0 Å². The molecule has 0 aromatic heterocycles. The molecule has 0 saturated heterocycles. The van der Waals surface area contributed by atoms with Crippen molar-refractivity contribution in [1.82, 2.24) is 0 Å². The normalized spacial score (nSPS) is 21.3. The zero-order valence-corrected chi connectivity index (χ0v) is 11.8. The van der Waals surface area contributed by atoms with Crippen LogP contribution in [0.1, 0.15) is 45.1 Å². The Bertz CT molecular complexity index is 432. The highest BCUT2D eigenvalue weighted by atomic mass is 19.2. The van der Waals surface area contributed by atoms with Gasteiger partial charge in [-0.1, -0.05) is 26.0 Å². The van der Waals surface area contributed by atoms with E-state index < -0.39 is 11.6 Å². The molecule has 1 aliphatic rings. The molecule has 1 unspecified atom stereocenters. The van der Waals surface area contributed by atoms with Gasteiger partial charge in [0.05, 0.1) is 0 Å². The van der Waals surface area contributed by atoms with E-state index in [1.807, 2.05) is 0 Å². The maximum Gasteiger partial charge on any atom is 0.162 e. The van der Waals surface area contributed by atoms with E-state index in [1.165, 1.54) is 0 Å². The summed E-state index contributed by atoms with van der Waals surface area (Å²) in [6.07, 6.45) is 4.93. The van der Waals surface area contributed by atoms with Gasteiger partial charge < -0.3 is 5.73 Å². The third-order valence-electron chi connectivity index (χ3n) is 4.48. The molecule has 1 aromatic carbocycles. The van der Waals surface area contributed by atoms with Gasteiger partial charge in [0.15, 0.2) is 11.6 Å². The van der Waals surface area contributed by atoms with Gasteiger partial charge in [-0.15, -0.1) is 0 Å². The van der Waals surface area contributed by atoms with Crippen LogP contribution < -0.4 is 5.73 Å². The molecular formula is C16H23F2N. The Labute approximate surface area is 114 Å². The molecule has 0 heterocycles. The van der Waals surface area contributed by atoms with E-state index in [2.05, 4.69) is 13.8 Å². The summed E-state index contributed by atoms with van der Waals surface area (Å²) in [7, 11) is 0. The highest BCUT2D eigenvalue weighted by Crippen LogP contribution is 2.39. The van der Waals surface area contributed by atoms with Gasteiger partial charge in [-0.2, -0.15) is 0 Å². The molecule has 1 aromatic rings. The molecule has 19 heavy (non-hydrogen) atoms. The topological polar surface area (TPSA) is 26.0 Å². The lowest BCUT2D eigenvalue weighted by molar-refractivity contribution is 0.172. The number of benzene rings is 1. The maximum absolute atomic E-state index is 13.6. The SMILES string of the molecule is CC1(C)CCC(C(N)Cc2cccc(F)c2F)CC1. The summed E-state index contributed by atoms with van der Waals surface area (Å²) in [5.74, 6) is -1.10. The Kier molecular flexibility index (Phi) is 4.24. The van der Waals surface area contributed by atoms with Gasteiger partial charge in [0.2, 0.25) is 0 Å². The highest BCUT2D eigenvalue weighted by molar-refractivity contribution is 5.20. The molecule has 0 radical (unpaired) electrons. The lowest BCUT2D eigenvalue weighted by Gasteiger charge is -2.36. The van der Waals surface area contributed by atoms with Crippen LogP contribution in [0.15, 0.2) is 18.2 Å². The smallest absolute Gasteiger partial charge is 0.162 e. The number of rotatable bonds is 3. The van der Waals surface area contributed by atoms with Gasteiger partial charge in [-0.05, 0) is 55.1 Å². The molecule has 1 aliphatic carbocycles. The van der Waals surface area contributed by atoms with Crippen LogP contribution in [0, 0.1) is 23.0 Å². The molecule has 1 atom stereocenters. The first-order valence-corrected chi connectivity index (χ1v) is 7.07. The third-order valence-corrected chi connectivity index (χ3v) is 4.48. The van der Waals surface area contributed by atoms with Crippen molar-refractivity contribution in [3.8, 4) is 0 Å². The fraction of sp³-hybridized carbons (Fsp3) is 0.625. The number of halogens is 2. The molecule has 1 saturated carbocycles. The first-order chi connectivity index (χ1) is 8.89. The molecule has 0 amide bonds. The Morgan fingerprint density at radius 2 is 1.89 bits per heavy atom. The van der Waals surface area contributed by atoms with E-state index in [0.717, 1.165) is 31.7 Å². The van der Waals surface area contributed by atoms with E-state index in [-0.39, 0.29) is 6.04 Å². The van der Waals surface area contributed by atoms with E-state index in [1.54, 1.807) is 12.1 Å². The summed E-state index contributed by atoms with van der Waals surface area (Å²) in [4.78, 5) is 0. The Balaban J connectivity index is 1.98. The van der Waals surface area contributed by atoms with Crippen molar-refractivity contribution >= 4 is 0 Å². The van der Waals surface area contributed by atoms with Gasteiger partial charge in [0.25, 0.3) is 0 Å². The zero-order valence-electron chi connectivity index (χ0n) is 11.8. The van der Waals surface area contributed by atoms with Gasteiger partial charge >= 0.3 is 0 Å². The average molecular weight is 267 g/mol. The van der Waals surface area contributed by atoms with Crippen LogP contribution in [0.25, 0.3) is 0 Å². The first kappa shape index (κ1) is 14.4. The molecule has 0 aliphatic heterocycles. The highest BCUT2D eigenvalue weighted by Gasteiger charge is 2.30. The van der Waals surface area contributed by atoms with Crippen molar-refractivity contribution in [3.05, 3.63) is 35.4 Å². The predicted molar refractivity (Wildman–Crippen MR) is 73.8 cm³/mol. The molecule has 0 spiro atoms. The standard InChI is InChI=1S/C16H23F2N/c1-16(2)8-6-11(7-9-16)14(19)10-12-4-3-5-13(17)15(12)18/h3-5,11,14H,6-10,19H2,1-2H3. The van der Waals surface area contributed by atoms with Gasteiger partial charge in [-0.25, -0.2) is 8.78 Å². The van der Waals surface area contributed by atoms with Crippen LogP contribution >= 0.6 is 0 Å². The summed E-state index contributed by atoms with van der Waals surface area (Å²) in [6, 6.07) is 4.25. The lowest BCUT2D eigenvalue weighted by atomic mass is 9.70.